The van der Waals surface area contributed by atoms with Crippen LogP contribution in [0.1, 0.15) is 12.5 Å². The summed E-state index contributed by atoms with van der Waals surface area (Å²) >= 11 is 0. The van der Waals surface area contributed by atoms with Crippen molar-refractivity contribution in [3.8, 4) is 0 Å². The van der Waals surface area contributed by atoms with Crippen molar-refractivity contribution in [3.63, 3.8) is 0 Å². The standard InChI is InChI=1S/C9H12O3S/c1-3-12-13(10,11)9-7-5-4-6-8(9)2/h4-7H,3H2,1-2H3. The summed E-state index contributed by atoms with van der Waals surface area (Å²) in [6.45, 7) is 3.55. The lowest BCUT2D eigenvalue weighted by Gasteiger charge is -2.05. The number of aryl methyl sites for hydroxylation is 1. The zero-order chi connectivity index (χ0) is 9.90. The van der Waals surface area contributed by atoms with E-state index in [9.17, 15) is 8.42 Å². The van der Waals surface area contributed by atoms with Crippen LogP contribution < -0.4 is 0 Å². The van der Waals surface area contributed by atoms with Crippen molar-refractivity contribution in [1.82, 2.24) is 0 Å². The highest BCUT2D eigenvalue weighted by Crippen LogP contribution is 2.16. The maximum absolute atomic E-state index is 11.4. The molecule has 3 nitrogen and oxygen atoms in total. The first kappa shape index (κ1) is 10.2. The summed E-state index contributed by atoms with van der Waals surface area (Å²) in [6, 6.07) is 6.76. The lowest BCUT2D eigenvalue weighted by molar-refractivity contribution is 0.338. The first-order valence-corrected chi connectivity index (χ1v) is 5.44. The normalized spacial score (nSPS) is 11.5. The quantitative estimate of drug-likeness (QED) is 0.698. The Hall–Kier alpha value is -0.870. The molecule has 0 aliphatic heterocycles. The molecular formula is C9H12O3S. The first-order valence-electron chi connectivity index (χ1n) is 4.03. The van der Waals surface area contributed by atoms with Crippen LogP contribution in [0.2, 0.25) is 0 Å². The molecule has 0 radical (unpaired) electrons. The number of benzene rings is 1. The van der Waals surface area contributed by atoms with Gasteiger partial charge in [-0.05, 0) is 25.5 Å². The van der Waals surface area contributed by atoms with Gasteiger partial charge >= 0.3 is 0 Å². The summed E-state index contributed by atoms with van der Waals surface area (Å²) in [5, 5.41) is 0. The van der Waals surface area contributed by atoms with Crippen LogP contribution in [-0.2, 0) is 14.3 Å². The van der Waals surface area contributed by atoms with Crippen molar-refractivity contribution in [2.45, 2.75) is 18.7 Å². The minimum atomic E-state index is -3.54. The molecule has 13 heavy (non-hydrogen) atoms. The van der Waals surface area contributed by atoms with Gasteiger partial charge in [0, 0.05) is 0 Å². The second kappa shape index (κ2) is 3.89. The van der Waals surface area contributed by atoms with Crippen LogP contribution in [0.3, 0.4) is 0 Å². The van der Waals surface area contributed by atoms with Crippen LogP contribution in [0.4, 0.5) is 0 Å². The van der Waals surface area contributed by atoms with Crippen LogP contribution in [-0.4, -0.2) is 15.0 Å². The van der Waals surface area contributed by atoms with Gasteiger partial charge in [0.1, 0.15) is 0 Å². The highest BCUT2D eigenvalue weighted by atomic mass is 32.2. The average Bonchev–Trinajstić information content (AvgIpc) is 2.04. The van der Waals surface area contributed by atoms with E-state index < -0.39 is 10.1 Å². The van der Waals surface area contributed by atoms with E-state index >= 15 is 0 Å². The Morgan fingerprint density at radius 1 is 1.31 bits per heavy atom. The van der Waals surface area contributed by atoms with E-state index in [1.165, 1.54) is 0 Å². The Morgan fingerprint density at radius 2 is 1.92 bits per heavy atom. The highest BCUT2D eigenvalue weighted by Gasteiger charge is 2.15. The monoisotopic (exact) mass is 200 g/mol. The van der Waals surface area contributed by atoms with Gasteiger partial charge in [0.25, 0.3) is 10.1 Å². The van der Waals surface area contributed by atoms with E-state index in [4.69, 9.17) is 0 Å². The zero-order valence-electron chi connectivity index (χ0n) is 7.65. The van der Waals surface area contributed by atoms with Gasteiger partial charge in [0.15, 0.2) is 0 Å². The molecule has 1 aromatic rings. The van der Waals surface area contributed by atoms with E-state index in [0.29, 0.717) is 5.56 Å². The summed E-state index contributed by atoms with van der Waals surface area (Å²) in [7, 11) is -3.54. The van der Waals surface area contributed by atoms with Crippen molar-refractivity contribution in [3.05, 3.63) is 29.8 Å². The third kappa shape index (κ3) is 2.29. The fraction of sp³-hybridized carbons (Fsp3) is 0.333. The predicted octanol–water partition coefficient (Wildman–Crippen LogP) is 1.72. The van der Waals surface area contributed by atoms with E-state index in [1.54, 1.807) is 38.1 Å². The average molecular weight is 200 g/mol. The van der Waals surface area contributed by atoms with Gasteiger partial charge in [-0.15, -0.1) is 0 Å². The molecule has 1 rings (SSSR count). The van der Waals surface area contributed by atoms with E-state index in [0.717, 1.165) is 0 Å². The molecule has 0 unspecified atom stereocenters. The Morgan fingerprint density at radius 3 is 2.46 bits per heavy atom. The van der Waals surface area contributed by atoms with Gasteiger partial charge < -0.3 is 0 Å². The Bertz CT molecular complexity index is 382. The first-order chi connectivity index (χ1) is 6.08. The second-order valence-electron chi connectivity index (χ2n) is 2.63. The van der Waals surface area contributed by atoms with Gasteiger partial charge in [-0.1, -0.05) is 18.2 Å². The van der Waals surface area contributed by atoms with E-state index in [-0.39, 0.29) is 11.5 Å². The van der Waals surface area contributed by atoms with Crippen LogP contribution in [0, 0.1) is 6.92 Å². The number of hydrogen-bond donors (Lipinski definition) is 0. The number of hydrogen-bond acceptors (Lipinski definition) is 3. The molecule has 0 atom stereocenters. The Kier molecular flexibility index (Phi) is 3.06. The van der Waals surface area contributed by atoms with Gasteiger partial charge in [0.05, 0.1) is 11.5 Å². The summed E-state index contributed by atoms with van der Waals surface area (Å²) in [5.74, 6) is 0. The molecule has 0 spiro atoms. The summed E-state index contributed by atoms with van der Waals surface area (Å²) in [5.41, 5.74) is 0.705. The fourth-order valence-corrected chi connectivity index (χ4v) is 2.20. The predicted molar refractivity (Wildman–Crippen MR) is 50.0 cm³/mol. The van der Waals surface area contributed by atoms with Gasteiger partial charge in [-0.2, -0.15) is 8.42 Å². The Balaban J connectivity index is 3.15. The smallest absolute Gasteiger partial charge is 0.267 e. The zero-order valence-corrected chi connectivity index (χ0v) is 8.47. The van der Waals surface area contributed by atoms with Crippen molar-refractivity contribution in [2.75, 3.05) is 6.61 Å². The van der Waals surface area contributed by atoms with Crippen LogP contribution in [0.15, 0.2) is 29.2 Å². The van der Waals surface area contributed by atoms with Gasteiger partial charge in [0.2, 0.25) is 0 Å². The second-order valence-corrected chi connectivity index (χ2v) is 4.21. The van der Waals surface area contributed by atoms with Gasteiger partial charge in [-0.25, -0.2) is 0 Å². The molecular weight excluding hydrogens is 188 g/mol. The third-order valence-corrected chi connectivity index (χ3v) is 3.18. The molecule has 0 saturated heterocycles. The highest BCUT2D eigenvalue weighted by molar-refractivity contribution is 7.86. The molecule has 0 bridgehead atoms. The third-order valence-electron chi connectivity index (χ3n) is 1.64. The summed E-state index contributed by atoms with van der Waals surface area (Å²) < 4.78 is 27.5. The summed E-state index contributed by atoms with van der Waals surface area (Å²) in [4.78, 5) is 0.247. The molecule has 0 amide bonds. The van der Waals surface area contributed by atoms with Crippen molar-refractivity contribution in [1.29, 1.82) is 0 Å². The molecule has 72 valence electrons. The van der Waals surface area contributed by atoms with Crippen LogP contribution >= 0.6 is 0 Å². The Labute approximate surface area is 78.5 Å². The van der Waals surface area contributed by atoms with E-state index in [1.807, 2.05) is 0 Å². The molecule has 0 saturated carbocycles. The van der Waals surface area contributed by atoms with Crippen molar-refractivity contribution >= 4 is 10.1 Å². The maximum atomic E-state index is 11.4. The van der Waals surface area contributed by atoms with Crippen molar-refractivity contribution in [2.24, 2.45) is 0 Å². The molecule has 0 aromatic heterocycles. The summed E-state index contributed by atoms with van der Waals surface area (Å²) in [6.07, 6.45) is 0. The molecule has 0 fully saturated rings. The lowest BCUT2D eigenvalue weighted by atomic mass is 10.2. The topological polar surface area (TPSA) is 43.4 Å². The number of rotatable bonds is 3. The SMILES string of the molecule is CCOS(=O)(=O)c1ccccc1C. The fourth-order valence-electron chi connectivity index (χ4n) is 1.06. The van der Waals surface area contributed by atoms with Crippen molar-refractivity contribution < 1.29 is 12.6 Å². The minimum absolute atomic E-state index is 0.163. The van der Waals surface area contributed by atoms with E-state index in [2.05, 4.69) is 4.18 Å². The molecule has 4 heteroatoms. The molecule has 0 aliphatic rings. The molecule has 0 heterocycles. The molecule has 0 aliphatic carbocycles. The minimum Gasteiger partial charge on any atom is -0.267 e. The van der Waals surface area contributed by atoms with Crippen LogP contribution in [0.25, 0.3) is 0 Å². The molecule has 1 aromatic carbocycles. The van der Waals surface area contributed by atoms with Crippen LogP contribution in [0.5, 0.6) is 0 Å². The lowest BCUT2D eigenvalue weighted by Crippen LogP contribution is -2.07. The molecule has 0 N–H and O–H groups in total. The van der Waals surface area contributed by atoms with Gasteiger partial charge in [-0.3, -0.25) is 4.18 Å². The maximum Gasteiger partial charge on any atom is 0.297 e. The largest absolute Gasteiger partial charge is 0.297 e.